The summed E-state index contributed by atoms with van der Waals surface area (Å²) in [5.41, 5.74) is 2.62. The Kier molecular flexibility index (Phi) is 26.7. The van der Waals surface area contributed by atoms with Crippen molar-refractivity contribution in [3.63, 3.8) is 0 Å². The van der Waals surface area contributed by atoms with Gasteiger partial charge < -0.3 is 24.1 Å². The van der Waals surface area contributed by atoms with Crippen molar-refractivity contribution in [3.05, 3.63) is 72.3 Å². The minimum atomic E-state index is -0.981. The van der Waals surface area contributed by atoms with Crippen molar-refractivity contribution < 1.29 is 28.8 Å². The molecule has 0 unspecified atom stereocenters. The van der Waals surface area contributed by atoms with Crippen LogP contribution in [-0.4, -0.2) is 50.7 Å². The molecule has 0 atom stereocenters. The minimum Gasteiger partial charge on any atom is -0.491 e. The van der Waals surface area contributed by atoms with Gasteiger partial charge in [-0.25, -0.2) is 4.79 Å². The van der Waals surface area contributed by atoms with Crippen LogP contribution in [0.15, 0.2) is 61.2 Å². The van der Waals surface area contributed by atoms with Crippen LogP contribution in [0.25, 0.3) is 0 Å². The van der Waals surface area contributed by atoms with Crippen LogP contribution < -0.4 is 9.47 Å². The maximum Gasteiger partial charge on any atom is 0.327 e. The van der Waals surface area contributed by atoms with E-state index in [0.717, 1.165) is 30.4 Å². The Balaban J connectivity index is 0.00000187. The van der Waals surface area contributed by atoms with Gasteiger partial charge in [-0.3, -0.25) is 0 Å². The van der Waals surface area contributed by atoms with Crippen molar-refractivity contribution in [2.45, 2.75) is 117 Å². The molecule has 2 rings (SSSR count). The van der Waals surface area contributed by atoms with E-state index in [9.17, 15) is 4.79 Å². The first-order valence-corrected chi connectivity index (χ1v) is 17.5. The third kappa shape index (κ3) is 23.2. The number of hydrogen-bond donors (Lipinski definition) is 1. The second-order valence-electron chi connectivity index (χ2n) is 11.4. The number of rotatable bonds is 28. The molecule has 45 heavy (non-hydrogen) atoms. The number of unbranched alkanes of at least 4 members (excludes halogenated alkanes) is 12. The van der Waals surface area contributed by atoms with Crippen LogP contribution in [-0.2, 0) is 27.1 Å². The molecule has 2 aromatic rings. The Hall–Kier alpha value is -2.83. The minimum absolute atomic E-state index is 0.562. The normalized spacial score (nSPS) is 10.6. The van der Waals surface area contributed by atoms with Crippen molar-refractivity contribution >= 4 is 5.97 Å². The van der Waals surface area contributed by atoms with E-state index >= 15 is 0 Å². The highest BCUT2D eigenvalue weighted by molar-refractivity contribution is 5.78. The fourth-order valence-corrected chi connectivity index (χ4v) is 4.99. The van der Waals surface area contributed by atoms with Gasteiger partial charge in [-0.15, -0.1) is 0 Å². The molecule has 0 saturated carbocycles. The van der Waals surface area contributed by atoms with Crippen LogP contribution in [0.5, 0.6) is 11.5 Å². The number of hydrogen-bond acceptors (Lipinski definition) is 5. The van der Waals surface area contributed by atoms with Crippen LogP contribution in [0.1, 0.15) is 115 Å². The first-order valence-electron chi connectivity index (χ1n) is 17.5. The molecule has 0 fully saturated rings. The van der Waals surface area contributed by atoms with E-state index in [0.29, 0.717) is 39.6 Å². The first kappa shape index (κ1) is 40.2. The summed E-state index contributed by atoms with van der Waals surface area (Å²) in [7, 11) is 0. The summed E-state index contributed by atoms with van der Waals surface area (Å²) >= 11 is 0. The highest BCUT2D eigenvalue weighted by atomic mass is 16.6. The fourth-order valence-electron chi connectivity index (χ4n) is 4.99. The van der Waals surface area contributed by atoms with Crippen molar-refractivity contribution in [3.8, 4) is 11.5 Å². The van der Waals surface area contributed by atoms with Crippen molar-refractivity contribution in [1.82, 2.24) is 0 Å². The molecule has 0 saturated heterocycles. The van der Waals surface area contributed by atoms with Crippen LogP contribution in [0.4, 0.5) is 0 Å². The van der Waals surface area contributed by atoms with Gasteiger partial charge in [0.2, 0.25) is 0 Å². The molecule has 254 valence electrons. The number of carbonyl (C=O) groups is 1. The van der Waals surface area contributed by atoms with Crippen molar-refractivity contribution in [2.75, 3.05) is 39.6 Å². The van der Waals surface area contributed by atoms with Gasteiger partial charge in [0.05, 0.1) is 26.4 Å². The molecule has 0 spiro atoms. The van der Waals surface area contributed by atoms with Gasteiger partial charge in [-0.05, 0) is 48.9 Å². The Bertz CT molecular complexity index is 906. The van der Waals surface area contributed by atoms with Crippen LogP contribution in [0.2, 0.25) is 0 Å². The summed E-state index contributed by atoms with van der Waals surface area (Å²) in [6.45, 7) is 10.9. The predicted molar refractivity (Wildman–Crippen MR) is 187 cm³/mol. The molecule has 0 aliphatic rings. The molecule has 0 aliphatic carbocycles. The third-order valence-corrected chi connectivity index (χ3v) is 7.56. The number of benzene rings is 2. The lowest BCUT2D eigenvalue weighted by Gasteiger charge is -2.13. The molecule has 1 N–H and O–H groups in total. The smallest absolute Gasteiger partial charge is 0.327 e. The molecule has 0 radical (unpaired) electrons. The largest absolute Gasteiger partial charge is 0.491 e. The van der Waals surface area contributed by atoms with Gasteiger partial charge in [-0.1, -0.05) is 134 Å². The fraction of sp³-hybridized carbons (Fsp3) is 0.615. The molecule has 0 bridgehead atoms. The summed E-state index contributed by atoms with van der Waals surface area (Å²) < 4.78 is 23.5. The Morgan fingerprint density at radius 3 is 1.29 bits per heavy atom. The molecule has 2 aromatic carbocycles. The highest BCUT2D eigenvalue weighted by Crippen LogP contribution is 2.22. The average Bonchev–Trinajstić information content (AvgIpc) is 3.06. The molecule has 0 aliphatic heterocycles. The maximum absolute atomic E-state index is 9.25. The number of carboxylic acid groups (broad SMARTS) is 1. The first-order chi connectivity index (χ1) is 22.1. The van der Waals surface area contributed by atoms with Gasteiger partial charge in [0, 0.05) is 6.08 Å². The monoisotopic (exact) mass is 626 g/mol. The van der Waals surface area contributed by atoms with E-state index in [-0.39, 0.29) is 0 Å². The molecular formula is C39H62O6. The SMILES string of the molecule is C=CC(=O)O.CCCCCCCCCc1ccccc1OCCOCCOCCOc1ccccc1CCCCCCCCC. The van der Waals surface area contributed by atoms with E-state index in [1.54, 1.807) is 0 Å². The second-order valence-corrected chi connectivity index (χ2v) is 11.4. The summed E-state index contributed by atoms with van der Waals surface area (Å²) in [4.78, 5) is 9.25. The average molecular weight is 627 g/mol. The van der Waals surface area contributed by atoms with Crippen LogP contribution in [0.3, 0.4) is 0 Å². The van der Waals surface area contributed by atoms with Gasteiger partial charge >= 0.3 is 5.97 Å². The van der Waals surface area contributed by atoms with E-state index < -0.39 is 5.97 Å². The highest BCUT2D eigenvalue weighted by Gasteiger charge is 2.05. The number of ether oxygens (including phenoxy) is 4. The predicted octanol–water partition coefficient (Wildman–Crippen LogP) is 10.0. The molecule has 0 amide bonds. The zero-order valence-electron chi connectivity index (χ0n) is 28.4. The Morgan fingerprint density at radius 2 is 0.911 bits per heavy atom. The van der Waals surface area contributed by atoms with Gasteiger partial charge in [-0.2, -0.15) is 0 Å². The lowest BCUT2D eigenvalue weighted by Crippen LogP contribution is -2.14. The second kappa shape index (κ2) is 29.9. The van der Waals surface area contributed by atoms with Crippen molar-refractivity contribution in [1.29, 1.82) is 0 Å². The molecular weight excluding hydrogens is 564 g/mol. The topological polar surface area (TPSA) is 74.2 Å². The van der Waals surface area contributed by atoms with Gasteiger partial charge in [0.15, 0.2) is 0 Å². The number of aryl methyl sites for hydroxylation is 2. The zero-order chi connectivity index (χ0) is 32.6. The maximum atomic E-state index is 9.25. The van der Waals surface area contributed by atoms with E-state index in [2.05, 4.69) is 56.8 Å². The quantitative estimate of drug-likeness (QED) is 0.0748. The lowest BCUT2D eigenvalue weighted by molar-refractivity contribution is -0.131. The number of aliphatic carboxylic acids is 1. The van der Waals surface area contributed by atoms with E-state index in [1.165, 1.54) is 101 Å². The van der Waals surface area contributed by atoms with Crippen LogP contribution in [0, 0.1) is 0 Å². The number of para-hydroxylation sites is 2. The summed E-state index contributed by atoms with van der Waals surface area (Å²) in [5.74, 6) is 1.01. The van der Waals surface area contributed by atoms with Gasteiger partial charge in [0.25, 0.3) is 0 Å². The van der Waals surface area contributed by atoms with E-state index in [4.69, 9.17) is 24.1 Å². The van der Waals surface area contributed by atoms with Gasteiger partial charge in [0.1, 0.15) is 24.7 Å². The van der Waals surface area contributed by atoms with Crippen molar-refractivity contribution in [2.24, 2.45) is 0 Å². The summed E-state index contributed by atoms with van der Waals surface area (Å²) in [6.07, 6.45) is 21.6. The lowest BCUT2D eigenvalue weighted by atomic mass is 10.0. The Labute approximate surface area is 274 Å². The van der Waals surface area contributed by atoms with E-state index in [1.807, 2.05) is 12.1 Å². The molecule has 0 heterocycles. The standard InChI is InChI=1S/C36H58O4.C3H4O2/c1-3-5-7-9-11-13-15-21-33-23-17-19-25-35(33)39-31-29-37-27-28-38-30-32-40-36-26-20-18-24-34(36)22-16-14-12-10-8-6-4-2;1-2-3(4)5/h17-20,23-26H,3-16,21-22,27-32H2,1-2H3;2H,1H2,(H,4,5). The number of carboxylic acids is 1. The zero-order valence-corrected chi connectivity index (χ0v) is 28.4. The van der Waals surface area contributed by atoms with Crippen LogP contribution >= 0.6 is 0 Å². The molecule has 6 nitrogen and oxygen atoms in total. The molecule has 6 heteroatoms. The molecule has 0 aromatic heterocycles. The third-order valence-electron chi connectivity index (χ3n) is 7.56. The summed E-state index contributed by atoms with van der Waals surface area (Å²) in [6, 6.07) is 16.8. The summed E-state index contributed by atoms with van der Waals surface area (Å²) in [5, 5.41) is 7.60. The Morgan fingerprint density at radius 1 is 0.578 bits per heavy atom.